The molecule has 0 heterocycles. The van der Waals surface area contributed by atoms with Crippen molar-refractivity contribution < 1.29 is 27.5 Å². The summed E-state index contributed by atoms with van der Waals surface area (Å²) in [7, 11) is 0.528. The summed E-state index contributed by atoms with van der Waals surface area (Å²) in [5, 5.41) is 2.51. The van der Waals surface area contributed by atoms with Gasteiger partial charge in [-0.2, -0.15) is 0 Å². The highest BCUT2D eigenvalue weighted by Crippen LogP contribution is 2.28. The first kappa shape index (κ1) is 21.4. The number of sulfonamides is 1. The Kier molecular flexibility index (Phi) is 7.13. The van der Waals surface area contributed by atoms with E-state index in [4.69, 9.17) is 9.47 Å². The first-order valence-electron chi connectivity index (χ1n) is 8.34. The molecular formula is C19H22N2O6S. The maximum Gasteiger partial charge on any atom is 0.310 e. The molecule has 28 heavy (non-hydrogen) atoms. The van der Waals surface area contributed by atoms with Gasteiger partial charge in [0, 0.05) is 14.1 Å². The van der Waals surface area contributed by atoms with Crippen LogP contribution < -0.4 is 10.1 Å². The lowest BCUT2D eigenvalue weighted by Gasteiger charge is -2.15. The van der Waals surface area contributed by atoms with Crippen LogP contribution in [0.3, 0.4) is 0 Å². The normalized spacial score (nSPS) is 11.1. The highest BCUT2D eigenvalue weighted by molar-refractivity contribution is 7.89. The van der Waals surface area contributed by atoms with Gasteiger partial charge >= 0.3 is 5.97 Å². The zero-order valence-corrected chi connectivity index (χ0v) is 16.7. The van der Waals surface area contributed by atoms with Gasteiger partial charge in [-0.05, 0) is 23.8 Å². The zero-order chi connectivity index (χ0) is 20.7. The van der Waals surface area contributed by atoms with Crippen LogP contribution in [0.5, 0.6) is 5.75 Å². The van der Waals surface area contributed by atoms with Crippen LogP contribution in [0.1, 0.15) is 5.56 Å². The van der Waals surface area contributed by atoms with E-state index in [9.17, 15) is 18.0 Å². The number of nitrogens with one attached hydrogen (secondary N) is 1. The van der Waals surface area contributed by atoms with Crippen molar-refractivity contribution in [2.45, 2.75) is 11.3 Å². The number of amides is 1. The molecule has 0 unspecified atom stereocenters. The molecule has 0 atom stereocenters. The molecule has 9 heteroatoms. The molecule has 2 rings (SSSR count). The summed E-state index contributed by atoms with van der Waals surface area (Å²) in [6.45, 7) is -0.501. The molecule has 0 aliphatic heterocycles. The molecule has 0 bridgehead atoms. The third kappa shape index (κ3) is 5.54. The third-order valence-corrected chi connectivity index (χ3v) is 5.59. The average molecular weight is 406 g/mol. The molecule has 8 nitrogen and oxygen atoms in total. The highest BCUT2D eigenvalue weighted by atomic mass is 32.2. The predicted octanol–water partition coefficient (Wildman–Crippen LogP) is 1.67. The number of hydrogen-bond acceptors (Lipinski definition) is 6. The Morgan fingerprint density at radius 3 is 2.36 bits per heavy atom. The molecular weight excluding hydrogens is 384 g/mol. The van der Waals surface area contributed by atoms with Crippen molar-refractivity contribution >= 4 is 27.6 Å². The van der Waals surface area contributed by atoms with E-state index in [1.807, 2.05) is 6.07 Å². The Balaban J connectivity index is 2.03. The van der Waals surface area contributed by atoms with Crippen LogP contribution in [0.4, 0.5) is 5.69 Å². The first-order chi connectivity index (χ1) is 13.2. The predicted molar refractivity (Wildman–Crippen MR) is 104 cm³/mol. The van der Waals surface area contributed by atoms with E-state index in [0.29, 0.717) is 0 Å². The lowest BCUT2D eigenvalue weighted by Crippen LogP contribution is -2.24. The standard InChI is InChI=1S/C19H22N2O6S/c1-21(2)28(24,25)15-9-10-17(26-3)16(12-15)20-18(22)13-27-19(23)11-14-7-5-4-6-8-14/h4-10,12H,11,13H2,1-3H3,(H,20,22). The minimum atomic E-state index is -3.68. The number of esters is 1. The molecule has 1 amide bonds. The first-order valence-corrected chi connectivity index (χ1v) is 9.78. The molecule has 0 aromatic heterocycles. The molecule has 2 aromatic rings. The lowest BCUT2D eigenvalue weighted by atomic mass is 10.2. The van der Waals surface area contributed by atoms with Crippen LogP contribution in [-0.4, -0.2) is 52.4 Å². The van der Waals surface area contributed by atoms with Crippen molar-refractivity contribution in [3.63, 3.8) is 0 Å². The van der Waals surface area contributed by atoms with Crippen molar-refractivity contribution in [3.8, 4) is 5.75 Å². The Bertz CT molecular complexity index is 942. The fourth-order valence-electron chi connectivity index (χ4n) is 2.30. The van der Waals surface area contributed by atoms with Crippen molar-refractivity contribution in [3.05, 3.63) is 54.1 Å². The highest BCUT2D eigenvalue weighted by Gasteiger charge is 2.20. The second-order valence-corrected chi connectivity index (χ2v) is 8.17. The Hall–Kier alpha value is -2.91. The monoisotopic (exact) mass is 406 g/mol. The van der Waals surface area contributed by atoms with Crippen LogP contribution in [-0.2, 0) is 30.8 Å². The summed E-state index contributed by atoms with van der Waals surface area (Å²) in [5.74, 6) is -0.877. The van der Waals surface area contributed by atoms with Gasteiger partial charge in [-0.1, -0.05) is 30.3 Å². The van der Waals surface area contributed by atoms with E-state index >= 15 is 0 Å². The number of anilines is 1. The van der Waals surface area contributed by atoms with Crippen LogP contribution >= 0.6 is 0 Å². The summed E-state index contributed by atoms with van der Waals surface area (Å²) in [5.41, 5.74) is 0.936. The molecule has 1 N–H and O–H groups in total. The molecule has 150 valence electrons. The summed E-state index contributed by atoms with van der Waals surface area (Å²) >= 11 is 0. The fourth-order valence-corrected chi connectivity index (χ4v) is 3.23. The van der Waals surface area contributed by atoms with Crippen molar-refractivity contribution in [1.82, 2.24) is 4.31 Å². The second kappa shape index (κ2) is 9.34. The zero-order valence-electron chi connectivity index (χ0n) is 15.8. The van der Waals surface area contributed by atoms with Crippen molar-refractivity contribution in [2.24, 2.45) is 0 Å². The van der Waals surface area contributed by atoms with Gasteiger partial charge in [0.15, 0.2) is 6.61 Å². The smallest absolute Gasteiger partial charge is 0.310 e. The van der Waals surface area contributed by atoms with Crippen LogP contribution in [0.15, 0.2) is 53.4 Å². The van der Waals surface area contributed by atoms with Crippen LogP contribution in [0.25, 0.3) is 0 Å². The van der Waals surface area contributed by atoms with E-state index in [2.05, 4.69) is 5.32 Å². The molecule has 2 aromatic carbocycles. The Morgan fingerprint density at radius 2 is 1.75 bits per heavy atom. The van der Waals surface area contributed by atoms with Gasteiger partial charge in [-0.15, -0.1) is 0 Å². The molecule has 0 saturated heterocycles. The van der Waals surface area contributed by atoms with Gasteiger partial charge in [-0.3, -0.25) is 9.59 Å². The van der Waals surface area contributed by atoms with Crippen molar-refractivity contribution in [1.29, 1.82) is 0 Å². The number of hydrogen-bond donors (Lipinski definition) is 1. The van der Waals surface area contributed by atoms with E-state index in [1.54, 1.807) is 24.3 Å². The number of nitrogens with zero attached hydrogens (tertiary/aromatic N) is 1. The van der Waals surface area contributed by atoms with Crippen LogP contribution in [0.2, 0.25) is 0 Å². The summed E-state index contributed by atoms with van der Waals surface area (Å²) in [6.07, 6.45) is 0.0496. The Labute approximate surface area is 164 Å². The number of carbonyl (C=O) groups is 2. The summed E-state index contributed by atoms with van der Waals surface area (Å²) in [6, 6.07) is 13.1. The lowest BCUT2D eigenvalue weighted by molar-refractivity contribution is -0.146. The minimum Gasteiger partial charge on any atom is -0.495 e. The quantitative estimate of drug-likeness (QED) is 0.669. The van der Waals surface area contributed by atoms with Gasteiger partial charge in [0.25, 0.3) is 5.91 Å². The van der Waals surface area contributed by atoms with Gasteiger partial charge in [0.1, 0.15) is 5.75 Å². The topological polar surface area (TPSA) is 102 Å². The molecule has 0 radical (unpaired) electrons. The number of methoxy groups -OCH3 is 1. The van der Waals surface area contributed by atoms with E-state index in [1.165, 1.54) is 39.4 Å². The van der Waals surface area contributed by atoms with Crippen LogP contribution in [0, 0.1) is 0 Å². The summed E-state index contributed by atoms with van der Waals surface area (Å²) in [4.78, 5) is 24.0. The van der Waals surface area contributed by atoms with E-state index < -0.39 is 28.5 Å². The van der Waals surface area contributed by atoms with Gasteiger partial charge in [-0.25, -0.2) is 12.7 Å². The van der Waals surface area contributed by atoms with Gasteiger partial charge in [0.05, 0.1) is 24.1 Å². The number of rotatable bonds is 8. The second-order valence-electron chi connectivity index (χ2n) is 6.02. The number of benzene rings is 2. The molecule has 0 fully saturated rings. The van der Waals surface area contributed by atoms with E-state index in [0.717, 1.165) is 9.87 Å². The summed E-state index contributed by atoms with van der Waals surface area (Å²) < 4.78 is 35.7. The third-order valence-electron chi connectivity index (χ3n) is 3.78. The Morgan fingerprint density at radius 1 is 1.07 bits per heavy atom. The molecule has 0 saturated carbocycles. The number of ether oxygens (including phenoxy) is 2. The largest absolute Gasteiger partial charge is 0.495 e. The molecule has 0 spiro atoms. The SMILES string of the molecule is COc1ccc(S(=O)(=O)N(C)C)cc1NC(=O)COC(=O)Cc1ccccc1. The van der Waals surface area contributed by atoms with Gasteiger partial charge < -0.3 is 14.8 Å². The van der Waals surface area contributed by atoms with Gasteiger partial charge in [0.2, 0.25) is 10.0 Å². The molecule has 0 aliphatic carbocycles. The fraction of sp³-hybridized carbons (Fsp3) is 0.263. The average Bonchev–Trinajstić information content (AvgIpc) is 2.67. The maximum atomic E-state index is 12.3. The van der Waals surface area contributed by atoms with E-state index in [-0.39, 0.29) is 22.8 Å². The number of carbonyl (C=O) groups excluding carboxylic acids is 2. The molecule has 0 aliphatic rings. The minimum absolute atomic E-state index is 0.00493. The maximum absolute atomic E-state index is 12.3. The van der Waals surface area contributed by atoms with Crippen molar-refractivity contribution in [2.75, 3.05) is 33.1 Å².